The summed E-state index contributed by atoms with van der Waals surface area (Å²) in [5.74, 6) is -0.453. The van der Waals surface area contributed by atoms with Crippen molar-refractivity contribution < 1.29 is 14.6 Å². The highest BCUT2D eigenvalue weighted by Crippen LogP contribution is 2.22. The van der Waals surface area contributed by atoms with Crippen molar-refractivity contribution in [2.75, 3.05) is 12.4 Å². The lowest BCUT2D eigenvalue weighted by Gasteiger charge is -2.08. The van der Waals surface area contributed by atoms with Gasteiger partial charge in [-0.25, -0.2) is 4.79 Å². The molecule has 0 aliphatic heterocycles. The van der Waals surface area contributed by atoms with Gasteiger partial charge in [-0.3, -0.25) is 4.68 Å². The van der Waals surface area contributed by atoms with Gasteiger partial charge in [0.15, 0.2) is 0 Å². The molecule has 100 valence electrons. The van der Waals surface area contributed by atoms with E-state index in [1.54, 1.807) is 43.2 Å². The highest BCUT2D eigenvalue weighted by Gasteiger charge is 2.11. The molecular formula is C13H15N3O3. The topological polar surface area (TPSA) is 76.4 Å². The Morgan fingerprint density at radius 1 is 1.47 bits per heavy atom. The molecule has 2 N–H and O–H groups in total. The van der Waals surface area contributed by atoms with Gasteiger partial charge in [-0.05, 0) is 11.6 Å². The Bertz CT molecular complexity index is 593. The summed E-state index contributed by atoms with van der Waals surface area (Å²) in [6.45, 7) is 0.393. The summed E-state index contributed by atoms with van der Waals surface area (Å²) in [5, 5.41) is 16.3. The normalized spacial score (nSPS) is 10.2. The number of benzene rings is 1. The van der Waals surface area contributed by atoms with Gasteiger partial charge in [0.1, 0.15) is 5.69 Å². The van der Waals surface area contributed by atoms with Crippen molar-refractivity contribution >= 4 is 11.7 Å². The first-order valence-electron chi connectivity index (χ1n) is 5.74. The van der Waals surface area contributed by atoms with Gasteiger partial charge in [0.2, 0.25) is 0 Å². The zero-order valence-electron chi connectivity index (χ0n) is 10.8. The molecular weight excluding hydrogens is 246 g/mol. The number of carbonyl (C=O) groups is 1. The molecule has 19 heavy (non-hydrogen) atoms. The molecule has 1 aromatic carbocycles. The van der Waals surface area contributed by atoms with Crippen LogP contribution in [0.1, 0.15) is 15.9 Å². The fourth-order valence-electron chi connectivity index (χ4n) is 1.81. The molecule has 1 aromatic heterocycles. The average Bonchev–Trinajstić information content (AvgIpc) is 2.77. The summed E-state index contributed by atoms with van der Waals surface area (Å²) in [4.78, 5) is 11.1. The van der Waals surface area contributed by atoms with Crippen molar-refractivity contribution in [2.24, 2.45) is 7.05 Å². The van der Waals surface area contributed by atoms with E-state index in [2.05, 4.69) is 10.4 Å². The minimum atomic E-state index is -0.935. The third kappa shape index (κ3) is 2.85. The molecule has 6 heteroatoms. The number of aryl methyl sites for hydroxylation is 1. The van der Waals surface area contributed by atoms with Gasteiger partial charge < -0.3 is 15.2 Å². The minimum Gasteiger partial charge on any atom is -0.478 e. The largest absolute Gasteiger partial charge is 0.478 e. The molecule has 0 atom stereocenters. The molecule has 0 fully saturated rings. The maximum absolute atomic E-state index is 11.1. The van der Waals surface area contributed by atoms with Gasteiger partial charge in [0, 0.05) is 13.6 Å². The average molecular weight is 261 g/mol. The zero-order valence-corrected chi connectivity index (χ0v) is 10.8. The van der Waals surface area contributed by atoms with Crippen molar-refractivity contribution in [1.29, 1.82) is 0 Å². The molecule has 0 aliphatic carbocycles. The Balaban J connectivity index is 2.16. The number of methoxy groups -OCH3 is 1. The van der Waals surface area contributed by atoms with Gasteiger partial charge in [0.05, 0.1) is 18.9 Å². The number of rotatable bonds is 5. The first-order valence-corrected chi connectivity index (χ1v) is 5.74. The fourth-order valence-corrected chi connectivity index (χ4v) is 1.81. The van der Waals surface area contributed by atoms with Crippen LogP contribution in [0.4, 0.5) is 5.69 Å². The van der Waals surface area contributed by atoms with Crippen LogP contribution in [0.15, 0.2) is 30.5 Å². The lowest BCUT2D eigenvalue weighted by Crippen LogP contribution is -2.07. The molecule has 0 bridgehead atoms. The second kappa shape index (κ2) is 5.43. The van der Waals surface area contributed by atoms with Crippen LogP contribution in [-0.4, -0.2) is 28.0 Å². The Morgan fingerprint density at radius 2 is 2.21 bits per heavy atom. The standard InChI is InChI=1S/C13H15N3O3/c1-16-8-11(12(15-16)19-2)14-7-9-5-3-4-6-10(9)13(17)18/h3-6,8,14H,7H2,1-2H3,(H,17,18). The fraction of sp³-hybridized carbons (Fsp3) is 0.231. The number of hydrogen-bond acceptors (Lipinski definition) is 4. The summed E-state index contributed by atoms with van der Waals surface area (Å²) >= 11 is 0. The van der Waals surface area contributed by atoms with Crippen molar-refractivity contribution in [2.45, 2.75) is 6.54 Å². The van der Waals surface area contributed by atoms with Crippen LogP contribution in [0.25, 0.3) is 0 Å². The first-order chi connectivity index (χ1) is 9.11. The Hall–Kier alpha value is -2.50. The van der Waals surface area contributed by atoms with Crippen LogP contribution >= 0.6 is 0 Å². The van der Waals surface area contributed by atoms with Crippen LogP contribution in [0.2, 0.25) is 0 Å². The minimum absolute atomic E-state index is 0.290. The van der Waals surface area contributed by atoms with Crippen molar-refractivity contribution in [3.63, 3.8) is 0 Å². The summed E-state index contributed by atoms with van der Waals surface area (Å²) in [7, 11) is 3.33. The molecule has 0 aliphatic rings. The number of ether oxygens (including phenoxy) is 1. The van der Waals surface area contributed by atoms with Crippen molar-refractivity contribution in [3.05, 3.63) is 41.6 Å². The van der Waals surface area contributed by atoms with E-state index in [0.29, 0.717) is 18.0 Å². The molecule has 0 unspecified atom stereocenters. The number of anilines is 1. The number of aromatic carboxylic acids is 1. The molecule has 0 spiro atoms. The number of carboxylic acids is 1. The van der Waals surface area contributed by atoms with Gasteiger partial charge in [0.25, 0.3) is 5.88 Å². The Kier molecular flexibility index (Phi) is 3.70. The second-order valence-corrected chi connectivity index (χ2v) is 4.04. The van der Waals surface area contributed by atoms with Crippen LogP contribution in [-0.2, 0) is 13.6 Å². The number of nitrogens with one attached hydrogen (secondary N) is 1. The van der Waals surface area contributed by atoms with E-state index in [1.807, 2.05) is 6.07 Å². The summed E-state index contributed by atoms with van der Waals surface area (Å²) < 4.78 is 6.75. The molecule has 1 heterocycles. The molecule has 2 rings (SSSR count). The van der Waals surface area contributed by atoms with Crippen molar-refractivity contribution in [3.8, 4) is 5.88 Å². The smallest absolute Gasteiger partial charge is 0.336 e. The van der Waals surface area contributed by atoms with E-state index >= 15 is 0 Å². The zero-order chi connectivity index (χ0) is 13.8. The lowest BCUT2D eigenvalue weighted by atomic mass is 10.1. The molecule has 0 saturated carbocycles. The molecule has 0 saturated heterocycles. The predicted molar refractivity (Wildman–Crippen MR) is 70.5 cm³/mol. The Labute approximate surface area is 110 Å². The summed E-state index contributed by atoms with van der Waals surface area (Å²) in [6.07, 6.45) is 1.78. The van der Waals surface area contributed by atoms with E-state index in [-0.39, 0.29) is 5.56 Å². The van der Waals surface area contributed by atoms with Gasteiger partial charge >= 0.3 is 5.97 Å². The molecule has 0 radical (unpaired) electrons. The van der Waals surface area contributed by atoms with Crippen LogP contribution in [0.5, 0.6) is 5.88 Å². The van der Waals surface area contributed by atoms with Gasteiger partial charge in [-0.1, -0.05) is 18.2 Å². The predicted octanol–water partition coefficient (Wildman–Crippen LogP) is 1.74. The van der Waals surface area contributed by atoms with E-state index in [1.165, 1.54) is 0 Å². The van der Waals surface area contributed by atoms with Crippen LogP contribution < -0.4 is 10.1 Å². The second-order valence-electron chi connectivity index (χ2n) is 4.04. The number of nitrogens with zero attached hydrogens (tertiary/aromatic N) is 2. The molecule has 6 nitrogen and oxygen atoms in total. The Morgan fingerprint density at radius 3 is 2.89 bits per heavy atom. The van der Waals surface area contributed by atoms with E-state index < -0.39 is 5.97 Å². The highest BCUT2D eigenvalue weighted by molar-refractivity contribution is 5.89. The molecule has 0 amide bonds. The highest BCUT2D eigenvalue weighted by atomic mass is 16.5. The van der Waals surface area contributed by atoms with Crippen LogP contribution in [0.3, 0.4) is 0 Å². The summed E-state index contributed by atoms with van der Waals surface area (Å²) in [5.41, 5.74) is 1.73. The van der Waals surface area contributed by atoms with Crippen LogP contribution in [0, 0.1) is 0 Å². The lowest BCUT2D eigenvalue weighted by molar-refractivity contribution is 0.0696. The van der Waals surface area contributed by atoms with Gasteiger partial charge in [-0.15, -0.1) is 5.10 Å². The maximum Gasteiger partial charge on any atom is 0.336 e. The SMILES string of the molecule is COc1nn(C)cc1NCc1ccccc1C(=O)O. The quantitative estimate of drug-likeness (QED) is 0.857. The van der Waals surface area contributed by atoms with E-state index in [4.69, 9.17) is 9.84 Å². The van der Waals surface area contributed by atoms with E-state index in [9.17, 15) is 4.79 Å². The van der Waals surface area contributed by atoms with Gasteiger partial charge in [-0.2, -0.15) is 0 Å². The van der Waals surface area contributed by atoms with E-state index in [0.717, 1.165) is 5.69 Å². The number of hydrogen-bond donors (Lipinski definition) is 2. The van der Waals surface area contributed by atoms with Crippen molar-refractivity contribution in [1.82, 2.24) is 9.78 Å². The number of carboxylic acid groups (broad SMARTS) is 1. The monoisotopic (exact) mass is 261 g/mol. The third-order valence-electron chi connectivity index (χ3n) is 2.71. The molecule has 2 aromatic rings. The summed E-state index contributed by atoms with van der Waals surface area (Å²) in [6, 6.07) is 6.88. The maximum atomic E-state index is 11.1. The third-order valence-corrected chi connectivity index (χ3v) is 2.71. The number of aromatic nitrogens is 2. The first kappa shape index (κ1) is 12.9.